The monoisotopic (exact) mass is 309 g/mol. The van der Waals surface area contributed by atoms with E-state index in [-0.39, 0.29) is 0 Å². The number of hydrogen-bond donors (Lipinski definition) is 1. The van der Waals surface area contributed by atoms with Gasteiger partial charge in [0.2, 0.25) is 0 Å². The van der Waals surface area contributed by atoms with Gasteiger partial charge < -0.3 is 5.32 Å². The maximum absolute atomic E-state index is 3.80. The molecule has 1 aliphatic carbocycles. The fourth-order valence-electron chi connectivity index (χ4n) is 3.31. The van der Waals surface area contributed by atoms with E-state index in [0.717, 1.165) is 11.8 Å². The zero-order valence-electron chi connectivity index (χ0n) is 11.6. The van der Waals surface area contributed by atoms with E-state index in [2.05, 4.69) is 66.3 Å². The molecule has 1 aromatic carbocycles. The molecule has 1 saturated carbocycles. The summed E-state index contributed by atoms with van der Waals surface area (Å²) in [5.41, 5.74) is 1.37. The Morgan fingerprint density at radius 2 is 1.83 bits per heavy atom. The predicted octanol–water partition coefficient (Wildman–Crippen LogP) is 4.92. The molecule has 0 radical (unpaired) electrons. The van der Waals surface area contributed by atoms with Gasteiger partial charge in [-0.1, -0.05) is 41.9 Å². The number of rotatable bonds is 3. The average molecular weight is 310 g/mol. The van der Waals surface area contributed by atoms with Crippen molar-refractivity contribution < 1.29 is 0 Å². The normalized spacial score (nSPS) is 30.1. The van der Waals surface area contributed by atoms with E-state index in [1.807, 2.05) is 0 Å². The number of hydrogen-bond acceptors (Lipinski definition) is 1. The molecule has 1 aromatic rings. The molecule has 2 heteroatoms. The molecule has 2 rings (SSSR count). The van der Waals surface area contributed by atoms with Crippen molar-refractivity contribution in [3.05, 3.63) is 34.3 Å². The number of benzene rings is 1. The van der Waals surface area contributed by atoms with Crippen LogP contribution in [0, 0.1) is 11.8 Å². The molecule has 1 aliphatic rings. The van der Waals surface area contributed by atoms with Crippen LogP contribution in [0.5, 0.6) is 0 Å². The summed E-state index contributed by atoms with van der Waals surface area (Å²) in [5.74, 6) is 1.72. The van der Waals surface area contributed by atoms with Gasteiger partial charge in [0, 0.05) is 16.6 Å². The molecule has 1 N–H and O–H groups in total. The Balaban J connectivity index is 1.96. The lowest BCUT2D eigenvalue weighted by atomic mass is 9.80. The third-order valence-corrected chi connectivity index (χ3v) is 4.51. The van der Waals surface area contributed by atoms with Crippen LogP contribution in [-0.2, 0) is 0 Å². The first-order valence-corrected chi connectivity index (χ1v) is 7.85. The van der Waals surface area contributed by atoms with Crippen LogP contribution in [0.1, 0.15) is 51.6 Å². The average Bonchev–Trinajstić information content (AvgIpc) is 2.27. The van der Waals surface area contributed by atoms with Crippen LogP contribution in [0.25, 0.3) is 0 Å². The van der Waals surface area contributed by atoms with Crippen LogP contribution in [-0.4, -0.2) is 6.04 Å². The second kappa shape index (κ2) is 6.21. The van der Waals surface area contributed by atoms with Crippen LogP contribution in [0.4, 0.5) is 0 Å². The van der Waals surface area contributed by atoms with Gasteiger partial charge in [0.05, 0.1) is 0 Å². The maximum atomic E-state index is 3.80. The van der Waals surface area contributed by atoms with Gasteiger partial charge in [0.1, 0.15) is 0 Å². The molecule has 0 heterocycles. The predicted molar refractivity (Wildman–Crippen MR) is 81.7 cm³/mol. The highest BCUT2D eigenvalue weighted by atomic mass is 79.9. The zero-order valence-corrected chi connectivity index (χ0v) is 13.2. The van der Waals surface area contributed by atoms with E-state index < -0.39 is 0 Å². The van der Waals surface area contributed by atoms with Crippen molar-refractivity contribution in [1.29, 1.82) is 0 Å². The molecule has 0 saturated heterocycles. The third kappa shape index (κ3) is 3.83. The van der Waals surface area contributed by atoms with E-state index in [9.17, 15) is 0 Å². The van der Waals surface area contributed by atoms with Gasteiger partial charge >= 0.3 is 0 Å². The molecular formula is C16H24BrN. The van der Waals surface area contributed by atoms with Gasteiger partial charge in [0.25, 0.3) is 0 Å². The van der Waals surface area contributed by atoms with Crippen molar-refractivity contribution in [2.45, 2.75) is 52.1 Å². The van der Waals surface area contributed by atoms with Crippen molar-refractivity contribution >= 4 is 15.9 Å². The molecule has 0 spiro atoms. The SMILES string of the molecule is CC1CC(C)CC(N[C@H](C)c2cccc(Br)c2)C1. The van der Waals surface area contributed by atoms with Gasteiger partial charge in [-0.25, -0.2) is 0 Å². The summed E-state index contributed by atoms with van der Waals surface area (Å²) >= 11 is 3.55. The van der Waals surface area contributed by atoms with Crippen LogP contribution >= 0.6 is 15.9 Å². The first kappa shape index (κ1) is 14.1. The van der Waals surface area contributed by atoms with Crippen molar-refractivity contribution in [2.24, 2.45) is 11.8 Å². The summed E-state index contributed by atoms with van der Waals surface area (Å²) in [6.07, 6.45) is 4.04. The molecule has 1 nitrogen and oxygen atoms in total. The Morgan fingerprint density at radius 1 is 1.17 bits per heavy atom. The minimum Gasteiger partial charge on any atom is -0.307 e. The second-order valence-electron chi connectivity index (χ2n) is 6.06. The Morgan fingerprint density at radius 3 is 2.44 bits per heavy atom. The second-order valence-corrected chi connectivity index (χ2v) is 6.97. The van der Waals surface area contributed by atoms with Crippen LogP contribution in [0.3, 0.4) is 0 Å². The van der Waals surface area contributed by atoms with Gasteiger partial charge in [-0.2, -0.15) is 0 Å². The molecule has 0 amide bonds. The molecule has 0 bridgehead atoms. The van der Waals surface area contributed by atoms with Gasteiger partial charge in [-0.15, -0.1) is 0 Å². The fourth-order valence-corrected chi connectivity index (χ4v) is 3.73. The van der Waals surface area contributed by atoms with Crippen LogP contribution in [0.2, 0.25) is 0 Å². The summed E-state index contributed by atoms with van der Waals surface area (Å²) < 4.78 is 1.17. The first-order valence-electron chi connectivity index (χ1n) is 7.06. The Hall–Kier alpha value is -0.340. The van der Waals surface area contributed by atoms with Gasteiger partial charge in [-0.3, -0.25) is 0 Å². The van der Waals surface area contributed by atoms with Crippen molar-refractivity contribution in [3.63, 3.8) is 0 Å². The van der Waals surface area contributed by atoms with Crippen molar-refractivity contribution in [1.82, 2.24) is 5.32 Å². The highest BCUT2D eigenvalue weighted by molar-refractivity contribution is 9.10. The highest BCUT2D eigenvalue weighted by Crippen LogP contribution is 2.30. The van der Waals surface area contributed by atoms with E-state index >= 15 is 0 Å². The smallest absolute Gasteiger partial charge is 0.0294 e. The minimum absolute atomic E-state index is 0.435. The summed E-state index contributed by atoms with van der Waals surface area (Å²) in [7, 11) is 0. The lowest BCUT2D eigenvalue weighted by Gasteiger charge is -2.34. The summed E-state index contributed by atoms with van der Waals surface area (Å²) in [5, 5.41) is 3.80. The highest BCUT2D eigenvalue weighted by Gasteiger charge is 2.24. The van der Waals surface area contributed by atoms with Gasteiger partial charge in [0.15, 0.2) is 0 Å². The molecule has 100 valence electrons. The van der Waals surface area contributed by atoms with E-state index in [1.165, 1.54) is 29.3 Å². The molecular weight excluding hydrogens is 286 g/mol. The standard InChI is InChI=1S/C16H24BrN/c1-11-7-12(2)9-16(8-11)18-13(3)14-5-4-6-15(17)10-14/h4-6,10-13,16,18H,7-9H2,1-3H3/t11?,12?,13-,16?/m1/s1. The molecule has 0 aliphatic heterocycles. The summed E-state index contributed by atoms with van der Waals surface area (Å²) in [4.78, 5) is 0. The molecule has 3 atom stereocenters. The van der Waals surface area contributed by atoms with E-state index in [0.29, 0.717) is 12.1 Å². The lowest BCUT2D eigenvalue weighted by molar-refractivity contribution is 0.228. The lowest BCUT2D eigenvalue weighted by Crippen LogP contribution is -2.37. The molecule has 0 aromatic heterocycles. The molecule has 2 unspecified atom stereocenters. The van der Waals surface area contributed by atoms with Gasteiger partial charge in [-0.05, 0) is 55.7 Å². The minimum atomic E-state index is 0.435. The van der Waals surface area contributed by atoms with E-state index in [4.69, 9.17) is 0 Å². The number of halogens is 1. The third-order valence-electron chi connectivity index (χ3n) is 4.01. The topological polar surface area (TPSA) is 12.0 Å². The quantitative estimate of drug-likeness (QED) is 0.835. The van der Waals surface area contributed by atoms with Crippen molar-refractivity contribution in [3.8, 4) is 0 Å². The zero-order chi connectivity index (χ0) is 13.1. The number of nitrogens with one attached hydrogen (secondary N) is 1. The Bertz CT molecular complexity index is 380. The molecule has 18 heavy (non-hydrogen) atoms. The largest absolute Gasteiger partial charge is 0.307 e. The molecule has 1 fully saturated rings. The Kier molecular flexibility index (Phi) is 4.85. The summed E-state index contributed by atoms with van der Waals surface area (Å²) in [6, 6.07) is 9.73. The maximum Gasteiger partial charge on any atom is 0.0294 e. The first-order chi connectivity index (χ1) is 8.54. The van der Waals surface area contributed by atoms with Crippen LogP contribution < -0.4 is 5.32 Å². The summed E-state index contributed by atoms with van der Waals surface area (Å²) in [6.45, 7) is 7.04. The van der Waals surface area contributed by atoms with E-state index in [1.54, 1.807) is 0 Å². The van der Waals surface area contributed by atoms with Crippen LogP contribution in [0.15, 0.2) is 28.7 Å². The van der Waals surface area contributed by atoms with Crippen molar-refractivity contribution in [2.75, 3.05) is 0 Å². The Labute approximate surface area is 119 Å². The fraction of sp³-hybridized carbons (Fsp3) is 0.625.